The van der Waals surface area contributed by atoms with Crippen molar-refractivity contribution in [2.24, 2.45) is 0 Å². The Morgan fingerprint density at radius 2 is 2.06 bits per heavy atom. The van der Waals surface area contributed by atoms with Gasteiger partial charge in [-0.15, -0.1) is 0 Å². The number of rotatable bonds is 5. The second kappa shape index (κ2) is 5.75. The maximum atomic E-state index is 3.52. The molecule has 0 amide bonds. The summed E-state index contributed by atoms with van der Waals surface area (Å²) in [4.78, 5) is 2.58. The van der Waals surface area contributed by atoms with Crippen molar-refractivity contribution in [1.29, 1.82) is 0 Å². The number of benzene rings is 1. The number of nitrogens with one attached hydrogen (secondary N) is 1. The predicted molar refractivity (Wildman–Crippen MR) is 79.1 cm³/mol. The van der Waals surface area contributed by atoms with Crippen LogP contribution in [0.4, 0.5) is 5.69 Å². The highest BCUT2D eigenvalue weighted by atomic mass is 15.2. The van der Waals surface area contributed by atoms with Crippen molar-refractivity contribution < 1.29 is 0 Å². The van der Waals surface area contributed by atoms with Gasteiger partial charge in [0.1, 0.15) is 0 Å². The van der Waals surface area contributed by atoms with E-state index in [-0.39, 0.29) is 0 Å². The SMILES string of the molecule is CCCNCc1ccccc1N1CCCC1(C)C. The lowest BCUT2D eigenvalue weighted by Crippen LogP contribution is -2.39. The summed E-state index contributed by atoms with van der Waals surface area (Å²) in [5.74, 6) is 0. The van der Waals surface area contributed by atoms with E-state index < -0.39 is 0 Å². The van der Waals surface area contributed by atoms with Crippen LogP contribution in [0, 0.1) is 0 Å². The zero-order chi connectivity index (χ0) is 13.0. The summed E-state index contributed by atoms with van der Waals surface area (Å²) in [5, 5.41) is 3.52. The highest BCUT2D eigenvalue weighted by Crippen LogP contribution is 2.35. The Balaban J connectivity index is 2.16. The largest absolute Gasteiger partial charge is 0.366 e. The van der Waals surface area contributed by atoms with Gasteiger partial charge < -0.3 is 10.2 Å². The third-order valence-corrected chi connectivity index (χ3v) is 3.93. The first-order valence-corrected chi connectivity index (χ1v) is 7.21. The van der Waals surface area contributed by atoms with Crippen LogP contribution in [0.2, 0.25) is 0 Å². The van der Waals surface area contributed by atoms with Crippen molar-refractivity contribution >= 4 is 5.69 Å². The van der Waals surface area contributed by atoms with E-state index in [1.807, 2.05) is 0 Å². The van der Waals surface area contributed by atoms with Gasteiger partial charge in [0.05, 0.1) is 0 Å². The molecule has 2 rings (SSSR count). The summed E-state index contributed by atoms with van der Waals surface area (Å²) in [5.41, 5.74) is 3.16. The number of anilines is 1. The molecule has 1 aliphatic heterocycles. The fraction of sp³-hybridized carbons (Fsp3) is 0.625. The van der Waals surface area contributed by atoms with Crippen LogP contribution in [0.5, 0.6) is 0 Å². The van der Waals surface area contributed by atoms with Crippen molar-refractivity contribution in [3.63, 3.8) is 0 Å². The van der Waals surface area contributed by atoms with Crippen molar-refractivity contribution in [1.82, 2.24) is 5.32 Å². The lowest BCUT2D eigenvalue weighted by atomic mass is 10.0. The minimum atomic E-state index is 0.306. The van der Waals surface area contributed by atoms with E-state index in [1.165, 1.54) is 37.1 Å². The van der Waals surface area contributed by atoms with Gasteiger partial charge in [-0.3, -0.25) is 0 Å². The first-order chi connectivity index (χ1) is 8.65. The first-order valence-electron chi connectivity index (χ1n) is 7.21. The van der Waals surface area contributed by atoms with Crippen molar-refractivity contribution in [2.75, 3.05) is 18.0 Å². The number of para-hydroxylation sites is 1. The second-order valence-corrected chi connectivity index (χ2v) is 5.87. The Labute approximate surface area is 111 Å². The van der Waals surface area contributed by atoms with Crippen LogP contribution >= 0.6 is 0 Å². The van der Waals surface area contributed by atoms with Crippen LogP contribution < -0.4 is 10.2 Å². The van der Waals surface area contributed by atoms with Crippen molar-refractivity contribution in [3.05, 3.63) is 29.8 Å². The highest BCUT2D eigenvalue weighted by molar-refractivity contribution is 5.56. The third kappa shape index (κ3) is 2.86. The summed E-state index contributed by atoms with van der Waals surface area (Å²) in [7, 11) is 0. The van der Waals surface area contributed by atoms with Gasteiger partial charge in [0.2, 0.25) is 0 Å². The molecule has 1 aromatic rings. The molecular weight excluding hydrogens is 220 g/mol. The monoisotopic (exact) mass is 246 g/mol. The van der Waals surface area contributed by atoms with E-state index in [1.54, 1.807) is 0 Å². The summed E-state index contributed by atoms with van der Waals surface area (Å²) in [6.07, 6.45) is 3.80. The summed E-state index contributed by atoms with van der Waals surface area (Å²) >= 11 is 0. The molecule has 2 nitrogen and oxygen atoms in total. The van der Waals surface area contributed by atoms with E-state index in [9.17, 15) is 0 Å². The van der Waals surface area contributed by atoms with E-state index in [4.69, 9.17) is 0 Å². The molecule has 0 saturated carbocycles. The Morgan fingerprint density at radius 3 is 2.72 bits per heavy atom. The lowest BCUT2D eigenvalue weighted by molar-refractivity contribution is 0.516. The molecule has 1 aromatic carbocycles. The summed E-state index contributed by atoms with van der Waals surface area (Å²) in [6.45, 7) is 10.2. The normalized spacial score (nSPS) is 18.3. The minimum Gasteiger partial charge on any atom is -0.366 e. The molecule has 1 saturated heterocycles. The second-order valence-electron chi connectivity index (χ2n) is 5.87. The molecule has 0 radical (unpaired) electrons. The topological polar surface area (TPSA) is 15.3 Å². The molecule has 0 aromatic heterocycles. The predicted octanol–water partition coefficient (Wildman–Crippen LogP) is 3.57. The van der Waals surface area contributed by atoms with Crippen molar-refractivity contribution in [2.45, 2.75) is 52.1 Å². The molecule has 2 heteroatoms. The average Bonchev–Trinajstić information content (AvgIpc) is 2.70. The minimum absolute atomic E-state index is 0.306. The molecule has 1 heterocycles. The molecule has 0 spiro atoms. The van der Waals surface area contributed by atoms with Gasteiger partial charge in [0.15, 0.2) is 0 Å². The average molecular weight is 246 g/mol. The fourth-order valence-electron chi connectivity index (χ4n) is 2.88. The van der Waals surface area contributed by atoms with Crippen LogP contribution in [0.1, 0.15) is 45.6 Å². The van der Waals surface area contributed by atoms with Crippen LogP contribution in [0.15, 0.2) is 24.3 Å². The van der Waals surface area contributed by atoms with E-state index in [2.05, 4.69) is 55.3 Å². The molecule has 0 aliphatic carbocycles. The molecule has 0 atom stereocenters. The van der Waals surface area contributed by atoms with Gasteiger partial charge >= 0.3 is 0 Å². The van der Waals surface area contributed by atoms with Gasteiger partial charge in [-0.25, -0.2) is 0 Å². The molecule has 1 fully saturated rings. The van der Waals surface area contributed by atoms with Gasteiger partial charge in [-0.05, 0) is 51.3 Å². The summed E-state index contributed by atoms with van der Waals surface area (Å²) in [6, 6.07) is 8.84. The van der Waals surface area contributed by atoms with Crippen LogP contribution in [0.3, 0.4) is 0 Å². The van der Waals surface area contributed by atoms with E-state index in [0.29, 0.717) is 5.54 Å². The molecule has 100 valence electrons. The molecule has 0 bridgehead atoms. The molecule has 0 unspecified atom stereocenters. The number of nitrogens with zero attached hydrogens (tertiary/aromatic N) is 1. The van der Waals surface area contributed by atoms with Crippen LogP contribution in [-0.4, -0.2) is 18.6 Å². The zero-order valence-electron chi connectivity index (χ0n) is 12.0. The van der Waals surface area contributed by atoms with Gasteiger partial charge in [-0.1, -0.05) is 25.1 Å². The summed E-state index contributed by atoms with van der Waals surface area (Å²) < 4.78 is 0. The van der Waals surface area contributed by atoms with Crippen molar-refractivity contribution in [3.8, 4) is 0 Å². The van der Waals surface area contributed by atoms with E-state index >= 15 is 0 Å². The van der Waals surface area contributed by atoms with Crippen LogP contribution in [0.25, 0.3) is 0 Å². The Kier molecular flexibility index (Phi) is 4.28. The first kappa shape index (κ1) is 13.4. The van der Waals surface area contributed by atoms with E-state index in [0.717, 1.165) is 13.1 Å². The van der Waals surface area contributed by atoms with Gasteiger partial charge in [-0.2, -0.15) is 0 Å². The van der Waals surface area contributed by atoms with Gasteiger partial charge in [0, 0.05) is 24.3 Å². The Bertz CT molecular complexity index is 384. The zero-order valence-corrected chi connectivity index (χ0v) is 12.0. The lowest BCUT2D eigenvalue weighted by Gasteiger charge is -2.35. The van der Waals surface area contributed by atoms with Gasteiger partial charge in [0.25, 0.3) is 0 Å². The molecule has 1 aliphatic rings. The standard InChI is InChI=1S/C16H26N2/c1-4-11-17-13-14-8-5-6-9-15(14)18-12-7-10-16(18,2)3/h5-6,8-9,17H,4,7,10-13H2,1-3H3. The highest BCUT2D eigenvalue weighted by Gasteiger charge is 2.32. The van der Waals surface area contributed by atoms with Crippen LogP contribution in [-0.2, 0) is 6.54 Å². The molecule has 1 N–H and O–H groups in total. The quantitative estimate of drug-likeness (QED) is 0.799. The maximum Gasteiger partial charge on any atom is 0.0416 e. The molecule has 18 heavy (non-hydrogen) atoms. The number of hydrogen-bond acceptors (Lipinski definition) is 2. The number of hydrogen-bond donors (Lipinski definition) is 1. The third-order valence-electron chi connectivity index (χ3n) is 3.93. The maximum absolute atomic E-state index is 3.52. The molecular formula is C16H26N2. The Hall–Kier alpha value is -1.02. The Morgan fingerprint density at radius 1 is 1.28 bits per heavy atom. The smallest absolute Gasteiger partial charge is 0.0416 e. The fourth-order valence-corrected chi connectivity index (χ4v) is 2.88.